The third kappa shape index (κ3) is 3.21. The van der Waals surface area contributed by atoms with Crippen molar-refractivity contribution in [1.29, 1.82) is 0 Å². The first-order chi connectivity index (χ1) is 12.7. The number of hydrogen-bond acceptors (Lipinski definition) is 5. The Kier molecular flexibility index (Phi) is 4.79. The zero-order valence-corrected chi connectivity index (χ0v) is 15.9. The first-order valence-electron chi connectivity index (χ1n) is 7.94. The maximum absolute atomic E-state index is 12.6. The number of amides is 3. The van der Waals surface area contributed by atoms with Crippen molar-refractivity contribution in [2.24, 2.45) is 0 Å². The number of imide groups is 1. The van der Waals surface area contributed by atoms with Crippen molar-refractivity contribution >= 4 is 45.0 Å². The van der Waals surface area contributed by atoms with Gasteiger partial charge in [-0.3, -0.25) is 29.4 Å². The third-order valence-corrected chi connectivity index (χ3v) is 5.20. The first-order valence-corrected chi connectivity index (χ1v) is 8.74. The molecule has 0 saturated heterocycles. The van der Waals surface area contributed by atoms with Gasteiger partial charge in [0.05, 0.1) is 10.5 Å². The molecule has 0 aliphatic carbocycles. The Morgan fingerprint density at radius 1 is 1.22 bits per heavy atom. The molecule has 1 unspecified atom stereocenters. The van der Waals surface area contributed by atoms with Crippen molar-refractivity contribution in [3.05, 3.63) is 67.7 Å². The average molecular weight is 432 g/mol. The molecule has 2 aromatic rings. The Morgan fingerprint density at radius 3 is 2.56 bits per heavy atom. The lowest BCUT2D eigenvalue weighted by atomic mass is 10.1. The molecule has 1 heterocycles. The SMILES string of the molecule is Cc1cc(NC(=O)C(C)N2C(=O)c3cccc([N+](=O)[O-])c3C2=O)ccc1Br. The van der Waals surface area contributed by atoms with Gasteiger partial charge >= 0.3 is 0 Å². The number of benzene rings is 2. The van der Waals surface area contributed by atoms with Gasteiger partial charge in [-0.25, -0.2) is 0 Å². The molecule has 8 nitrogen and oxygen atoms in total. The molecule has 0 fully saturated rings. The number of aryl methyl sites for hydroxylation is 1. The van der Waals surface area contributed by atoms with Crippen molar-refractivity contribution in [3.63, 3.8) is 0 Å². The fraction of sp³-hybridized carbons (Fsp3) is 0.167. The van der Waals surface area contributed by atoms with Crippen molar-refractivity contribution in [1.82, 2.24) is 4.90 Å². The monoisotopic (exact) mass is 431 g/mol. The molecule has 1 aliphatic heterocycles. The summed E-state index contributed by atoms with van der Waals surface area (Å²) >= 11 is 3.36. The maximum Gasteiger partial charge on any atom is 0.282 e. The predicted molar refractivity (Wildman–Crippen MR) is 101 cm³/mol. The Labute approximate surface area is 162 Å². The number of carbonyl (C=O) groups is 3. The van der Waals surface area contributed by atoms with Gasteiger partial charge in [-0.05, 0) is 43.7 Å². The van der Waals surface area contributed by atoms with Crippen molar-refractivity contribution in [2.75, 3.05) is 5.32 Å². The van der Waals surface area contributed by atoms with Crippen LogP contribution >= 0.6 is 15.9 Å². The van der Waals surface area contributed by atoms with Crippen molar-refractivity contribution in [3.8, 4) is 0 Å². The topological polar surface area (TPSA) is 110 Å². The van der Waals surface area contributed by atoms with Crippen LogP contribution < -0.4 is 5.32 Å². The molecule has 9 heteroatoms. The predicted octanol–water partition coefficient (Wildman–Crippen LogP) is 3.29. The van der Waals surface area contributed by atoms with E-state index in [1.165, 1.54) is 19.1 Å². The van der Waals surface area contributed by atoms with Crippen LogP contribution in [0.2, 0.25) is 0 Å². The first kappa shape index (κ1) is 18.7. The molecular weight excluding hydrogens is 418 g/mol. The van der Waals surface area contributed by atoms with E-state index in [1.807, 2.05) is 6.92 Å². The van der Waals surface area contributed by atoms with E-state index < -0.39 is 34.4 Å². The Hall–Kier alpha value is -3.07. The van der Waals surface area contributed by atoms with E-state index in [2.05, 4.69) is 21.2 Å². The highest BCUT2D eigenvalue weighted by Gasteiger charge is 2.44. The minimum atomic E-state index is -1.14. The maximum atomic E-state index is 12.6. The van der Waals surface area contributed by atoms with Crippen LogP contribution in [0.1, 0.15) is 33.2 Å². The number of anilines is 1. The number of fused-ring (bicyclic) bond motifs is 1. The highest BCUT2D eigenvalue weighted by atomic mass is 79.9. The number of rotatable bonds is 4. The lowest BCUT2D eigenvalue weighted by Crippen LogP contribution is -2.45. The van der Waals surface area contributed by atoms with Crippen LogP contribution in [0.25, 0.3) is 0 Å². The van der Waals surface area contributed by atoms with Gasteiger partial charge in [-0.15, -0.1) is 0 Å². The molecule has 1 N–H and O–H groups in total. The minimum absolute atomic E-state index is 0.0756. The summed E-state index contributed by atoms with van der Waals surface area (Å²) in [5.74, 6) is -2.15. The number of carbonyl (C=O) groups excluding carboxylic acids is 3. The van der Waals surface area contributed by atoms with Crippen LogP contribution in [-0.2, 0) is 4.79 Å². The molecule has 3 rings (SSSR count). The fourth-order valence-corrected chi connectivity index (χ4v) is 3.12. The molecule has 138 valence electrons. The molecule has 2 aromatic carbocycles. The molecule has 1 atom stereocenters. The lowest BCUT2D eigenvalue weighted by molar-refractivity contribution is -0.385. The molecule has 3 amide bonds. The van der Waals surface area contributed by atoms with Gasteiger partial charge in [-0.2, -0.15) is 0 Å². The number of halogens is 1. The van der Waals surface area contributed by atoms with Gasteiger partial charge in [0, 0.05) is 16.2 Å². The van der Waals surface area contributed by atoms with Crippen molar-refractivity contribution in [2.45, 2.75) is 19.9 Å². The Morgan fingerprint density at radius 2 is 1.93 bits per heavy atom. The van der Waals surface area contributed by atoms with Crippen LogP contribution in [0.3, 0.4) is 0 Å². The summed E-state index contributed by atoms with van der Waals surface area (Å²) in [5.41, 5.74) is 0.594. The second-order valence-electron chi connectivity index (χ2n) is 6.07. The summed E-state index contributed by atoms with van der Waals surface area (Å²) in [6.45, 7) is 3.25. The zero-order valence-electron chi connectivity index (χ0n) is 14.4. The van der Waals surface area contributed by atoms with E-state index in [9.17, 15) is 24.5 Å². The summed E-state index contributed by atoms with van der Waals surface area (Å²) in [6.07, 6.45) is 0. The van der Waals surface area contributed by atoms with Gasteiger partial charge in [0.25, 0.3) is 17.5 Å². The molecule has 27 heavy (non-hydrogen) atoms. The number of hydrogen-bond donors (Lipinski definition) is 1. The fourth-order valence-electron chi connectivity index (χ4n) is 2.88. The summed E-state index contributed by atoms with van der Waals surface area (Å²) in [5, 5.41) is 13.8. The van der Waals surface area contributed by atoms with E-state index in [1.54, 1.807) is 18.2 Å². The molecule has 0 saturated carbocycles. The second-order valence-corrected chi connectivity index (χ2v) is 6.92. The van der Waals surface area contributed by atoms with Crippen LogP contribution in [0.4, 0.5) is 11.4 Å². The summed E-state index contributed by atoms with van der Waals surface area (Å²) in [4.78, 5) is 49.0. The van der Waals surface area contributed by atoms with Crippen LogP contribution in [0, 0.1) is 17.0 Å². The number of nitrogens with zero attached hydrogens (tertiary/aromatic N) is 2. The molecule has 0 spiro atoms. The van der Waals surface area contributed by atoms with Gasteiger partial charge in [0.1, 0.15) is 11.6 Å². The smallest absolute Gasteiger partial charge is 0.282 e. The van der Waals surface area contributed by atoms with E-state index in [0.29, 0.717) is 5.69 Å². The number of nitro benzene ring substituents is 1. The average Bonchev–Trinajstić information content (AvgIpc) is 2.88. The standard InChI is InChI=1S/C18H14BrN3O5/c1-9-8-11(6-7-13(9)19)20-16(23)10(2)21-17(24)12-4-3-5-14(22(26)27)15(12)18(21)25/h3-8,10H,1-2H3,(H,20,23). The quantitative estimate of drug-likeness (QED) is 0.453. The largest absolute Gasteiger partial charge is 0.324 e. The third-order valence-electron chi connectivity index (χ3n) is 4.31. The van der Waals surface area contributed by atoms with Crippen LogP contribution in [0.15, 0.2) is 40.9 Å². The highest BCUT2D eigenvalue weighted by molar-refractivity contribution is 9.10. The summed E-state index contributed by atoms with van der Waals surface area (Å²) in [7, 11) is 0. The van der Waals surface area contributed by atoms with E-state index >= 15 is 0 Å². The number of nitro groups is 1. The van der Waals surface area contributed by atoms with E-state index in [-0.39, 0.29) is 11.1 Å². The normalized spacial score (nSPS) is 14.1. The second kappa shape index (κ2) is 6.92. The van der Waals surface area contributed by atoms with Gasteiger partial charge in [0.15, 0.2) is 0 Å². The van der Waals surface area contributed by atoms with Crippen LogP contribution in [-0.4, -0.2) is 33.6 Å². The molecule has 1 aliphatic rings. The van der Waals surface area contributed by atoms with Crippen molar-refractivity contribution < 1.29 is 19.3 Å². The molecule has 0 aromatic heterocycles. The van der Waals surface area contributed by atoms with E-state index in [4.69, 9.17) is 0 Å². The molecule has 0 bridgehead atoms. The Balaban J connectivity index is 1.88. The van der Waals surface area contributed by atoms with Gasteiger partial charge in [0.2, 0.25) is 5.91 Å². The lowest BCUT2D eigenvalue weighted by Gasteiger charge is -2.21. The van der Waals surface area contributed by atoms with Gasteiger partial charge in [-0.1, -0.05) is 22.0 Å². The zero-order chi connectivity index (χ0) is 19.9. The minimum Gasteiger partial charge on any atom is -0.324 e. The highest BCUT2D eigenvalue weighted by Crippen LogP contribution is 2.32. The Bertz CT molecular complexity index is 1000. The van der Waals surface area contributed by atoms with Gasteiger partial charge < -0.3 is 5.32 Å². The molecule has 0 radical (unpaired) electrons. The summed E-state index contributed by atoms with van der Waals surface area (Å²) in [6, 6.07) is 7.87. The summed E-state index contributed by atoms with van der Waals surface area (Å²) < 4.78 is 0.876. The molecular formula is C18H14BrN3O5. The van der Waals surface area contributed by atoms with E-state index in [0.717, 1.165) is 21.0 Å². The number of nitrogens with one attached hydrogen (secondary N) is 1. The van der Waals surface area contributed by atoms with Crippen LogP contribution in [0.5, 0.6) is 0 Å².